The molecule has 0 aliphatic rings. The molecule has 48 heavy (non-hydrogen) atoms. The maximum atomic E-state index is 9.95. The first kappa shape index (κ1) is 26.6. The molecule has 0 N–H and O–H groups in total. The van der Waals surface area contributed by atoms with Crippen LogP contribution in [0.15, 0.2) is 156 Å². The second-order valence-corrected chi connectivity index (χ2v) is 12.4. The van der Waals surface area contributed by atoms with E-state index in [0.717, 1.165) is 66.1 Å². The van der Waals surface area contributed by atoms with Crippen LogP contribution in [0.5, 0.6) is 0 Å². The molecule has 3 heterocycles. The summed E-state index contributed by atoms with van der Waals surface area (Å²) in [6, 6.07) is 55.6. The summed E-state index contributed by atoms with van der Waals surface area (Å²) in [6.45, 7) is 0.637. The molecule has 7 aromatic carbocycles. The van der Waals surface area contributed by atoms with Crippen molar-refractivity contribution in [2.75, 3.05) is 0 Å². The van der Waals surface area contributed by atoms with Crippen molar-refractivity contribution in [2.24, 2.45) is 0 Å². The fraction of sp³-hybridized carbons (Fsp3) is 0.0227. The van der Waals surface area contributed by atoms with E-state index in [4.69, 9.17) is 4.42 Å². The first-order valence-electron chi connectivity index (χ1n) is 16.2. The Morgan fingerprint density at radius 2 is 1.23 bits per heavy atom. The van der Waals surface area contributed by atoms with Crippen LogP contribution >= 0.6 is 0 Å². The first-order valence-corrected chi connectivity index (χ1v) is 16.2. The lowest BCUT2D eigenvalue weighted by atomic mass is 9.96. The molecule has 0 aliphatic heterocycles. The maximum absolute atomic E-state index is 9.95. The standard InChI is InChI=1S/C44H27N3O/c45-26-28-18-20-32(30(24-28)27-46-38-15-7-4-12-33(38)34-13-5-8-16-39(34)46)29-19-21-37-41(25-29)47(31-10-2-1-3-11-31)40-23-22-36-35-14-6-9-17-42(35)48-44(36)43(37)40/h1-25H,27H2. The molecule has 0 bridgehead atoms. The van der Waals surface area contributed by atoms with Crippen LogP contribution in [0.25, 0.3) is 82.4 Å². The van der Waals surface area contributed by atoms with E-state index in [-0.39, 0.29) is 0 Å². The van der Waals surface area contributed by atoms with Crippen molar-refractivity contribution in [1.82, 2.24) is 9.13 Å². The molecule has 0 fully saturated rings. The highest BCUT2D eigenvalue weighted by molar-refractivity contribution is 6.24. The zero-order valence-corrected chi connectivity index (χ0v) is 25.9. The number of fused-ring (bicyclic) bond motifs is 10. The van der Waals surface area contributed by atoms with E-state index in [1.165, 1.54) is 21.8 Å². The van der Waals surface area contributed by atoms with Gasteiger partial charge in [0.2, 0.25) is 0 Å². The minimum Gasteiger partial charge on any atom is -0.455 e. The SMILES string of the molecule is N#Cc1ccc(-c2ccc3c4c5oc6ccccc6c5ccc4n(-c4ccccc4)c3c2)c(Cn2c3ccccc3c3ccccc32)c1. The van der Waals surface area contributed by atoms with Crippen molar-refractivity contribution >= 4 is 65.6 Å². The molecule has 0 radical (unpaired) electrons. The summed E-state index contributed by atoms with van der Waals surface area (Å²) in [5, 5.41) is 16.9. The van der Waals surface area contributed by atoms with Crippen molar-refractivity contribution < 1.29 is 4.42 Å². The molecular formula is C44H27N3O. The number of benzene rings is 7. The van der Waals surface area contributed by atoms with Crippen LogP contribution in [-0.4, -0.2) is 9.13 Å². The fourth-order valence-electron chi connectivity index (χ4n) is 7.73. The molecule has 224 valence electrons. The van der Waals surface area contributed by atoms with Gasteiger partial charge in [-0.05, 0) is 77.4 Å². The second-order valence-electron chi connectivity index (χ2n) is 12.4. The smallest absolute Gasteiger partial charge is 0.145 e. The molecule has 0 amide bonds. The number of hydrogen-bond acceptors (Lipinski definition) is 2. The van der Waals surface area contributed by atoms with E-state index in [1.807, 2.05) is 24.3 Å². The predicted octanol–water partition coefficient (Wildman–Crippen LogP) is 11.4. The topological polar surface area (TPSA) is 46.8 Å². The number of furan rings is 1. The van der Waals surface area contributed by atoms with Crippen LogP contribution in [0.1, 0.15) is 11.1 Å². The van der Waals surface area contributed by atoms with Crippen molar-refractivity contribution in [3.63, 3.8) is 0 Å². The Labute approximate surface area is 275 Å². The van der Waals surface area contributed by atoms with Gasteiger partial charge in [0.15, 0.2) is 0 Å². The third-order valence-corrected chi connectivity index (χ3v) is 9.84. The Kier molecular flexibility index (Phi) is 5.67. The van der Waals surface area contributed by atoms with Gasteiger partial charge in [-0.1, -0.05) is 91.0 Å². The molecule has 0 unspecified atom stereocenters. The van der Waals surface area contributed by atoms with Gasteiger partial charge in [0.25, 0.3) is 0 Å². The monoisotopic (exact) mass is 613 g/mol. The number of hydrogen-bond donors (Lipinski definition) is 0. The highest BCUT2D eigenvalue weighted by atomic mass is 16.3. The van der Waals surface area contributed by atoms with Crippen LogP contribution in [0.4, 0.5) is 0 Å². The van der Waals surface area contributed by atoms with E-state index in [2.05, 4.69) is 143 Å². The molecular weight excluding hydrogens is 587 g/mol. The first-order chi connectivity index (χ1) is 23.8. The Morgan fingerprint density at radius 1 is 0.542 bits per heavy atom. The highest BCUT2D eigenvalue weighted by Crippen LogP contribution is 2.42. The summed E-state index contributed by atoms with van der Waals surface area (Å²) in [6.07, 6.45) is 0. The zero-order chi connectivity index (χ0) is 31.8. The third kappa shape index (κ3) is 3.82. The Balaban J connectivity index is 1.23. The van der Waals surface area contributed by atoms with Crippen LogP contribution in [-0.2, 0) is 6.54 Å². The van der Waals surface area contributed by atoms with Crippen molar-refractivity contribution in [2.45, 2.75) is 6.54 Å². The van der Waals surface area contributed by atoms with E-state index in [1.54, 1.807) is 0 Å². The Bertz CT molecular complexity index is 2880. The van der Waals surface area contributed by atoms with E-state index in [9.17, 15) is 5.26 Å². The van der Waals surface area contributed by atoms with Crippen LogP contribution < -0.4 is 0 Å². The van der Waals surface area contributed by atoms with Crippen molar-refractivity contribution in [3.8, 4) is 22.9 Å². The number of para-hydroxylation sites is 4. The van der Waals surface area contributed by atoms with Gasteiger partial charge in [-0.3, -0.25) is 0 Å². The molecule has 0 atom stereocenters. The average Bonchev–Trinajstić information content (AvgIpc) is 3.79. The molecule has 3 aromatic heterocycles. The van der Waals surface area contributed by atoms with Gasteiger partial charge in [-0.25, -0.2) is 0 Å². The third-order valence-electron chi connectivity index (χ3n) is 9.84. The molecule has 10 aromatic rings. The number of nitriles is 1. The van der Waals surface area contributed by atoms with E-state index in [0.29, 0.717) is 12.1 Å². The molecule has 0 saturated carbocycles. The predicted molar refractivity (Wildman–Crippen MR) is 197 cm³/mol. The second kappa shape index (κ2) is 10.2. The van der Waals surface area contributed by atoms with Gasteiger partial charge in [0.05, 0.1) is 28.1 Å². The molecule has 0 aliphatic carbocycles. The summed E-state index contributed by atoms with van der Waals surface area (Å²) < 4.78 is 11.3. The minimum absolute atomic E-state index is 0.637. The van der Waals surface area contributed by atoms with Crippen LogP contribution in [0.3, 0.4) is 0 Å². The van der Waals surface area contributed by atoms with Crippen molar-refractivity contribution in [3.05, 3.63) is 163 Å². The number of rotatable bonds is 4. The molecule has 10 rings (SSSR count). The van der Waals surface area contributed by atoms with E-state index >= 15 is 0 Å². The maximum Gasteiger partial charge on any atom is 0.145 e. The zero-order valence-electron chi connectivity index (χ0n) is 25.9. The lowest BCUT2D eigenvalue weighted by molar-refractivity contribution is 0.673. The summed E-state index contributed by atoms with van der Waals surface area (Å²) in [7, 11) is 0. The van der Waals surface area contributed by atoms with Gasteiger partial charge in [0.1, 0.15) is 11.2 Å². The highest BCUT2D eigenvalue weighted by Gasteiger charge is 2.20. The van der Waals surface area contributed by atoms with Gasteiger partial charge in [-0.15, -0.1) is 0 Å². The molecule has 0 saturated heterocycles. The van der Waals surface area contributed by atoms with Gasteiger partial charge in [-0.2, -0.15) is 5.26 Å². The minimum atomic E-state index is 0.637. The largest absolute Gasteiger partial charge is 0.455 e. The number of aromatic nitrogens is 2. The summed E-state index contributed by atoms with van der Waals surface area (Å²) >= 11 is 0. The normalized spacial score (nSPS) is 11.8. The molecule has 4 heteroatoms. The van der Waals surface area contributed by atoms with E-state index < -0.39 is 0 Å². The summed E-state index contributed by atoms with van der Waals surface area (Å²) in [4.78, 5) is 0. The quantitative estimate of drug-likeness (QED) is 0.198. The lowest BCUT2D eigenvalue weighted by Crippen LogP contribution is -2.02. The lowest BCUT2D eigenvalue weighted by Gasteiger charge is -2.14. The Hall–Kier alpha value is -6.57. The number of nitrogens with zero attached hydrogens (tertiary/aromatic N) is 3. The summed E-state index contributed by atoms with van der Waals surface area (Å²) in [5.74, 6) is 0. The molecule has 4 nitrogen and oxygen atoms in total. The fourth-order valence-corrected chi connectivity index (χ4v) is 7.73. The van der Waals surface area contributed by atoms with Crippen LogP contribution in [0, 0.1) is 11.3 Å². The summed E-state index contributed by atoms with van der Waals surface area (Å²) in [5.41, 5.74) is 11.4. The van der Waals surface area contributed by atoms with Crippen molar-refractivity contribution in [1.29, 1.82) is 5.26 Å². The average molecular weight is 614 g/mol. The molecule has 0 spiro atoms. The Morgan fingerprint density at radius 3 is 2.00 bits per heavy atom. The van der Waals surface area contributed by atoms with Gasteiger partial charge in [0, 0.05) is 50.2 Å². The van der Waals surface area contributed by atoms with Crippen LogP contribution in [0.2, 0.25) is 0 Å². The van der Waals surface area contributed by atoms with Gasteiger partial charge >= 0.3 is 0 Å². The van der Waals surface area contributed by atoms with Gasteiger partial charge < -0.3 is 13.6 Å².